The van der Waals surface area contributed by atoms with Gasteiger partial charge in [0.1, 0.15) is 0 Å². The molecule has 1 aliphatic carbocycles. The van der Waals surface area contributed by atoms with Crippen molar-refractivity contribution >= 4 is 0 Å². The van der Waals surface area contributed by atoms with Gasteiger partial charge in [0.15, 0.2) is 0 Å². The molecule has 1 N–H and O–H groups in total. The van der Waals surface area contributed by atoms with E-state index in [9.17, 15) is 0 Å². The van der Waals surface area contributed by atoms with E-state index in [1.807, 2.05) is 0 Å². The topological polar surface area (TPSA) is 12.0 Å². The number of aryl methyl sites for hydroxylation is 1. The van der Waals surface area contributed by atoms with Crippen molar-refractivity contribution in [1.29, 1.82) is 0 Å². The first kappa shape index (κ1) is 14.6. The first-order chi connectivity index (χ1) is 9.05. The van der Waals surface area contributed by atoms with Gasteiger partial charge in [0.2, 0.25) is 0 Å². The summed E-state index contributed by atoms with van der Waals surface area (Å²) in [7, 11) is 2.11. The smallest absolute Gasteiger partial charge is 0.0346 e. The monoisotopic (exact) mass is 259 g/mol. The molecule has 106 valence electrons. The fourth-order valence-electron chi connectivity index (χ4n) is 3.39. The van der Waals surface area contributed by atoms with Crippen LogP contribution in [0.2, 0.25) is 0 Å². The van der Waals surface area contributed by atoms with E-state index in [1.54, 1.807) is 0 Å². The predicted octanol–water partition coefficient (Wildman–Crippen LogP) is 4.73. The predicted molar refractivity (Wildman–Crippen MR) is 83.4 cm³/mol. The second kappa shape index (κ2) is 6.09. The highest BCUT2D eigenvalue weighted by Crippen LogP contribution is 2.42. The zero-order chi connectivity index (χ0) is 13.9. The van der Waals surface area contributed by atoms with Crippen LogP contribution in [0.3, 0.4) is 0 Å². The van der Waals surface area contributed by atoms with E-state index in [0.717, 1.165) is 12.3 Å². The molecule has 1 heteroatoms. The number of rotatable bonds is 4. The Morgan fingerprint density at radius 2 is 1.74 bits per heavy atom. The van der Waals surface area contributed by atoms with E-state index in [4.69, 9.17) is 0 Å². The third-order valence-corrected chi connectivity index (χ3v) is 4.91. The van der Waals surface area contributed by atoms with Gasteiger partial charge in [-0.1, -0.05) is 45.0 Å². The van der Waals surface area contributed by atoms with Gasteiger partial charge in [0.25, 0.3) is 0 Å². The Morgan fingerprint density at radius 3 is 2.21 bits per heavy atom. The van der Waals surface area contributed by atoms with E-state index >= 15 is 0 Å². The summed E-state index contributed by atoms with van der Waals surface area (Å²) in [6.07, 6.45) is 6.57. The minimum atomic E-state index is 0.530. The van der Waals surface area contributed by atoms with Gasteiger partial charge in [-0.25, -0.2) is 0 Å². The first-order valence-corrected chi connectivity index (χ1v) is 7.82. The Kier molecular flexibility index (Phi) is 4.67. The van der Waals surface area contributed by atoms with Gasteiger partial charge >= 0.3 is 0 Å². The summed E-state index contributed by atoms with van der Waals surface area (Å²) in [6, 6.07) is 9.74. The number of hydrogen-bond acceptors (Lipinski definition) is 1. The lowest BCUT2D eigenvalue weighted by Crippen LogP contribution is -2.31. The van der Waals surface area contributed by atoms with Crippen LogP contribution >= 0.6 is 0 Å². The lowest BCUT2D eigenvalue weighted by molar-refractivity contribution is 0.164. The number of benzene rings is 1. The molecule has 1 aliphatic rings. The molecule has 0 radical (unpaired) electrons. The highest BCUT2D eigenvalue weighted by Gasteiger charge is 2.31. The number of hydrogen-bond donors (Lipinski definition) is 1. The fraction of sp³-hybridized carbons (Fsp3) is 0.667. The quantitative estimate of drug-likeness (QED) is 0.824. The molecule has 0 aliphatic heterocycles. The van der Waals surface area contributed by atoms with Crippen LogP contribution in [0.25, 0.3) is 0 Å². The molecule has 1 unspecified atom stereocenters. The summed E-state index contributed by atoms with van der Waals surface area (Å²) >= 11 is 0. The maximum absolute atomic E-state index is 3.55. The maximum atomic E-state index is 3.55. The molecular weight excluding hydrogens is 230 g/mol. The molecule has 0 amide bonds. The summed E-state index contributed by atoms with van der Waals surface area (Å²) in [5.41, 5.74) is 3.45. The van der Waals surface area contributed by atoms with Gasteiger partial charge in [-0.05, 0) is 61.6 Å². The van der Waals surface area contributed by atoms with Crippen LogP contribution in [0, 0.1) is 11.3 Å². The Hall–Kier alpha value is -0.820. The molecule has 0 spiro atoms. The van der Waals surface area contributed by atoms with Crippen molar-refractivity contribution in [2.24, 2.45) is 11.3 Å². The summed E-state index contributed by atoms with van der Waals surface area (Å²) in [5, 5.41) is 3.55. The van der Waals surface area contributed by atoms with Crippen LogP contribution in [0.4, 0.5) is 0 Å². The molecule has 2 rings (SSSR count). The van der Waals surface area contributed by atoms with E-state index in [0.29, 0.717) is 11.5 Å². The zero-order valence-electron chi connectivity index (χ0n) is 13.0. The van der Waals surface area contributed by atoms with E-state index < -0.39 is 0 Å². The van der Waals surface area contributed by atoms with E-state index in [2.05, 4.69) is 57.4 Å². The van der Waals surface area contributed by atoms with Gasteiger partial charge in [-0.3, -0.25) is 0 Å². The SMILES string of the molecule is CCc1ccc(C(NC)C2CCC(C)(C)CC2)cc1. The Balaban J connectivity index is 2.07. The Bertz CT molecular complexity index is 381. The molecule has 0 aromatic heterocycles. The van der Waals surface area contributed by atoms with Gasteiger partial charge in [-0.2, -0.15) is 0 Å². The Morgan fingerprint density at radius 1 is 1.16 bits per heavy atom. The van der Waals surface area contributed by atoms with Gasteiger partial charge < -0.3 is 5.32 Å². The van der Waals surface area contributed by atoms with Crippen LogP contribution in [0.5, 0.6) is 0 Å². The lowest BCUT2D eigenvalue weighted by Gasteiger charge is -2.38. The lowest BCUT2D eigenvalue weighted by atomic mass is 9.70. The molecular formula is C18H29N. The molecule has 0 saturated heterocycles. The summed E-state index contributed by atoms with van der Waals surface area (Å²) < 4.78 is 0. The molecule has 1 fully saturated rings. The largest absolute Gasteiger partial charge is 0.313 e. The Labute approximate surface area is 118 Å². The average Bonchev–Trinajstić information content (AvgIpc) is 2.42. The molecule has 1 aromatic carbocycles. The van der Waals surface area contributed by atoms with Gasteiger partial charge in [0.05, 0.1) is 0 Å². The van der Waals surface area contributed by atoms with E-state index in [-0.39, 0.29) is 0 Å². The minimum Gasteiger partial charge on any atom is -0.313 e. The second-order valence-corrected chi connectivity index (χ2v) is 6.86. The van der Waals surface area contributed by atoms with E-state index in [1.165, 1.54) is 36.8 Å². The zero-order valence-corrected chi connectivity index (χ0v) is 13.0. The van der Waals surface area contributed by atoms with Crippen molar-refractivity contribution in [2.75, 3.05) is 7.05 Å². The van der Waals surface area contributed by atoms with Crippen molar-refractivity contribution in [3.63, 3.8) is 0 Å². The van der Waals surface area contributed by atoms with Crippen molar-refractivity contribution in [2.45, 2.75) is 58.9 Å². The van der Waals surface area contributed by atoms with Crippen LogP contribution in [-0.4, -0.2) is 7.05 Å². The molecule has 1 saturated carbocycles. The van der Waals surface area contributed by atoms with Crippen LogP contribution in [0.15, 0.2) is 24.3 Å². The van der Waals surface area contributed by atoms with Crippen molar-refractivity contribution in [1.82, 2.24) is 5.32 Å². The normalized spacial score (nSPS) is 21.3. The van der Waals surface area contributed by atoms with Gasteiger partial charge in [-0.15, -0.1) is 0 Å². The average molecular weight is 259 g/mol. The third kappa shape index (κ3) is 3.60. The summed E-state index contributed by atoms with van der Waals surface area (Å²) in [5.74, 6) is 0.797. The van der Waals surface area contributed by atoms with Gasteiger partial charge in [0, 0.05) is 6.04 Å². The van der Waals surface area contributed by atoms with Crippen molar-refractivity contribution in [3.8, 4) is 0 Å². The minimum absolute atomic E-state index is 0.530. The first-order valence-electron chi connectivity index (χ1n) is 7.82. The highest BCUT2D eigenvalue weighted by atomic mass is 14.9. The van der Waals surface area contributed by atoms with Crippen molar-refractivity contribution < 1.29 is 0 Å². The van der Waals surface area contributed by atoms with Crippen LogP contribution in [-0.2, 0) is 6.42 Å². The third-order valence-electron chi connectivity index (χ3n) is 4.91. The second-order valence-electron chi connectivity index (χ2n) is 6.86. The standard InChI is InChI=1S/C18H29N/c1-5-14-6-8-15(9-7-14)17(19-4)16-10-12-18(2,3)13-11-16/h6-9,16-17,19H,5,10-13H2,1-4H3. The van der Waals surface area contributed by atoms with Crippen molar-refractivity contribution in [3.05, 3.63) is 35.4 Å². The molecule has 0 heterocycles. The molecule has 19 heavy (non-hydrogen) atoms. The maximum Gasteiger partial charge on any atom is 0.0346 e. The summed E-state index contributed by atoms with van der Waals surface area (Å²) in [6.45, 7) is 7.04. The summed E-state index contributed by atoms with van der Waals surface area (Å²) in [4.78, 5) is 0. The van der Waals surface area contributed by atoms with Crippen LogP contribution < -0.4 is 5.32 Å². The molecule has 1 aromatic rings. The molecule has 1 nitrogen and oxygen atoms in total. The fourth-order valence-corrected chi connectivity index (χ4v) is 3.39. The molecule has 0 bridgehead atoms. The highest BCUT2D eigenvalue weighted by molar-refractivity contribution is 5.25. The number of nitrogens with one attached hydrogen (secondary N) is 1. The molecule has 1 atom stereocenters. The van der Waals surface area contributed by atoms with Crippen LogP contribution in [0.1, 0.15) is 63.6 Å².